The van der Waals surface area contributed by atoms with Crippen LogP contribution in [0.5, 0.6) is 5.75 Å². The summed E-state index contributed by atoms with van der Waals surface area (Å²) in [5, 5.41) is 26.0. The summed E-state index contributed by atoms with van der Waals surface area (Å²) in [6, 6.07) is 3.72. The number of aliphatic hydroxyl groups excluding tert-OH is 1. The maximum Gasteiger partial charge on any atom is 0.427 e. The van der Waals surface area contributed by atoms with Crippen LogP contribution in [0.1, 0.15) is 34.1 Å². The van der Waals surface area contributed by atoms with E-state index in [4.69, 9.17) is 16.3 Å². The molecule has 0 aliphatic carbocycles. The first-order valence-corrected chi connectivity index (χ1v) is 13.3. The molecule has 11 nitrogen and oxygen atoms in total. The van der Waals surface area contributed by atoms with E-state index in [-0.39, 0.29) is 40.1 Å². The highest BCUT2D eigenvalue weighted by Crippen LogP contribution is 2.41. The van der Waals surface area contributed by atoms with Crippen molar-refractivity contribution in [3.63, 3.8) is 0 Å². The largest absolute Gasteiger partial charge is 0.510 e. The average Bonchev–Trinajstić information content (AvgIpc) is 3.18. The van der Waals surface area contributed by atoms with E-state index in [1.165, 1.54) is 36.0 Å². The summed E-state index contributed by atoms with van der Waals surface area (Å²) >= 11 is 6.12. The Labute approximate surface area is 227 Å². The quantitative estimate of drug-likeness (QED) is 0.375. The van der Waals surface area contributed by atoms with Crippen LogP contribution in [-0.2, 0) is 21.3 Å². The van der Waals surface area contributed by atoms with Crippen LogP contribution in [0.3, 0.4) is 0 Å². The zero-order valence-corrected chi connectivity index (χ0v) is 23.0. The molecule has 39 heavy (non-hydrogen) atoms. The second kappa shape index (κ2) is 10.4. The van der Waals surface area contributed by atoms with Gasteiger partial charge in [0.2, 0.25) is 5.60 Å². The van der Waals surface area contributed by atoms with Crippen LogP contribution in [0, 0.1) is 0 Å². The first-order valence-electron chi connectivity index (χ1n) is 11.5. The van der Waals surface area contributed by atoms with Crippen molar-refractivity contribution < 1.29 is 46.1 Å². The fourth-order valence-corrected chi connectivity index (χ4v) is 5.50. The van der Waals surface area contributed by atoms with Gasteiger partial charge in [0.15, 0.2) is 5.15 Å². The van der Waals surface area contributed by atoms with E-state index in [2.05, 4.69) is 21.7 Å². The number of carbonyl (C=O) groups excluding carboxylic acids is 1. The number of nitrogens with one attached hydrogen (secondary N) is 1. The Morgan fingerprint density at radius 3 is 2.51 bits per heavy atom. The standard InChI is InChI=1S/C23H28ClF3N4O7S/c1-6-30-12-18(19(24)29-30)39(35,36)31-11-15(10-22(5,34)13(2)32)37-17-8-7-14(9-16(17)31)28-20(33)38-21(3,4)23(25,26)27/h7-9,12,15,32,34H,2,6,10-11H2,1,3-5H3,(H,28,33)/t15-,22-/m0/s1. The van der Waals surface area contributed by atoms with Gasteiger partial charge in [-0.05, 0) is 45.9 Å². The van der Waals surface area contributed by atoms with Crippen molar-refractivity contribution >= 4 is 39.1 Å². The molecule has 3 rings (SSSR count). The summed E-state index contributed by atoms with van der Waals surface area (Å²) in [4.78, 5) is 11.9. The van der Waals surface area contributed by atoms with Gasteiger partial charge < -0.3 is 19.7 Å². The van der Waals surface area contributed by atoms with E-state index < -0.39 is 45.4 Å². The number of hydrogen-bond acceptors (Lipinski definition) is 8. The second-order valence-corrected chi connectivity index (χ2v) is 11.7. The molecule has 0 saturated heterocycles. The molecular weight excluding hydrogens is 569 g/mol. The predicted octanol–water partition coefficient (Wildman–Crippen LogP) is 4.61. The van der Waals surface area contributed by atoms with Gasteiger partial charge in [0, 0.05) is 24.8 Å². The molecule has 3 N–H and O–H groups in total. The number of hydrogen-bond donors (Lipinski definition) is 3. The number of sulfonamides is 1. The molecule has 0 radical (unpaired) electrons. The topological polar surface area (TPSA) is 143 Å². The minimum atomic E-state index is -4.84. The number of alkyl halides is 3. The molecule has 2 atom stereocenters. The normalized spacial score (nSPS) is 17.6. The average molecular weight is 597 g/mol. The molecule has 0 fully saturated rings. The zero-order chi connectivity index (χ0) is 29.6. The Morgan fingerprint density at radius 1 is 1.33 bits per heavy atom. The fraction of sp³-hybridized carbons (Fsp3) is 0.478. The lowest BCUT2D eigenvalue weighted by Gasteiger charge is -2.38. The van der Waals surface area contributed by atoms with Crippen molar-refractivity contribution in [2.45, 2.75) is 69.0 Å². The third-order valence-electron chi connectivity index (χ3n) is 5.99. The van der Waals surface area contributed by atoms with Crippen LogP contribution >= 0.6 is 11.6 Å². The zero-order valence-electron chi connectivity index (χ0n) is 21.4. The van der Waals surface area contributed by atoms with Crippen LogP contribution in [0.15, 0.2) is 41.6 Å². The van der Waals surface area contributed by atoms with E-state index in [0.717, 1.165) is 4.31 Å². The van der Waals surface area contributed by atoms with Gasteiger partial charge in [-0.25, -0.2) is 13.2 Å². The highest BCUT2D eigenvalue weighted by Gasteiger charge is 2.51. The summed E-state index contributed by atoms with van der Waals surface area (Å²) in [7, 11) is -4.42. The lowest BCUT2D eigenvalue weighted by atomic mass is 9.96. The Hall–Kier alpha value is -3.17. The summed E-state index contributed by atoms with van der Waals surface area (Å²) in [6.45, 7) is 7.63. The molecule has 1 aromatic heterocycles. The lowest BCUT2D eigenvalue weighted by Crippen LogP contribution is -2.47. The molecule has 0 bridgehead atoms. The van der Waals surface area contributed by atoms with E-state index in [0.29, 0.717) is 20.4 Å². The van der Waals surface area contributed by atoms with Crippen LogP contribution in [0.25, 0.3) is 0 Å². The highest BCUT2D eigenvalue weighted by molar-refractivity contribution is 7.93. The Morgan fingerprint density at radius 2 is 1.97 bits per heavy atom. The van der Waals surface area contributed by atoms with Crippen molar-refractivity contribution in [1.82, 2.24) is 9.78 Å². The van der Waals surface area contributed by atoms with E-state index in [9.17, 15) is 36.6 Å². The summed E-state index contributed by atoms with van der Waals surface area (Å²) in [5.41, 5.74) is -4.79. The molecule has 216 valence electrons. The number of aliphatic hydroxyl groups is 2. The Kier molecular flexibility index (Phi) is 8.12. The number of amides is 1. The van der Waals surface area contributed by atoms with Gasteiger partial charge >= 0.3 is 12.3 Å². The molecule has 0 unspecified atom stereocenters. The monoisotopic (exact) mass is 596 g/mol. The van der Waals surface area contributed by atoms with Gasteiger partial charge in [-0.2, -0.15) is 18.3 Å². The van der Waals surface area contributed by atoms with Crippen LogP contribution in [-0.4, -0.2) is 64.5 Å². The molecule has 0 spiro atoms. The summed E-state index contributed by atoms with van der Waals surface area (Å²) in [5.74, 6) is -0.555. The number of halogens is 4. The predicted molar refractivity (Wildman–Crippen MR) is 136 cm³/mol. The third-order valence-corrected chi connectivity index (χ3v) is 8.16. The van der Waals surface area contributed by atoms with Crippen molar-refractivity contribution in [1.29, 1.82) is 0 Å². The number of aryl methyl sites for hydroxylation is 1. The summed E-state index contributed by atoms with van der Waals surface area (Å²) in [6.07, 6.45) is -6.27. The number of carbonyl (C=O) groups is 1. The number of nitrogens with zero attached hydrogens (tertiary/aromatic N) is 3. The van der Waals surface area contributed by atoms with Gasteiger partial charge in [0.1, 0.15) is 28.1 Å². The first-order chi connectivity index (χ1) is 17.8. The van der Waals surface area contributed by atoms with Gasteiger partial charge in [-0.15, -0.1) is 0 Å². The van der Waals surface area contributed by atoms with Crippen LogP contribution in [0.4, 0.5) is 29.3 Å². The molecule has 1 aliphatic rings. The number of ether oxygens (including phenoxy) is 2. The van der Waals surface area contributed by atoms with Gasteiger partial charge in [0.25, 0.3) is 10.0 Å². The van der Waals surface area contributed by atoms with E-state index in [1.54, 1.807) is 6.92 Å². The second-order valence-electron chi connectivity index (χ2n) is 9.55. The number of fused-ring (bicyclic) bond motifs is 1. The molecule has 1 amide bonds. The Bertz CT molecular complexity index is 1380. The molecule has 1 aromatic carbocycles. The smallest absolute Gasteiger partial charge is 0.427 e. The number of rotatable bonds is 8. The minimum Gasteiger partial charge on any atom is -0.510 e. The first kappa shape index (κ1) is 30.4. The molecule has 16 heteroatoms. The lowest BCUT2D eigenvalue weighted by molar-refractivity contribution is -0.242. The van der Waals surface area contributed by atoms with Crippen LogP contribution < -0.4 is 14.4 Å². The minimum absolute atomic E-state index is 0.00252. The van der Waals surface area contributed by atoms with Crippen molar-refractivity contribution in [3.05, 3.63) is 41.9 Å². The summed E-state index contributed by atoms with van der Waals surface area (Å²) < 4.78 is 79.4. The Balaban J connectivity index is 2.02. The molecule has 1 aliphatic heterocycles. The van der Waals surface area contributed by atoms with Crippen molar-refractivity contribution in [2.24, 2.45) is 0 Å². The fourth-order valence-electron chi connectivity index (χ4n) is 3.55. The number of benzene rings is 1. The maximum absolute atomic E-state index is 13.7. The SMILES string of the molecule is C=C(O)[C@@](C)(O)C[C@H]1CN(S(=O)(=O)c2cn(CC)nc2Cl)c2cc(NC(=O)OC(C)(C)C(F)(F)F)ccc2O1. The van der Waals surface area contributed by atoms with Crippen LogP contribution in [0.2, 0.25) is 5.15 Å². The van der Waals surface area contributed by atoms with Crippen molar-refractivity contribution in [2.75, 3.05) is 16.2 Å². The van der Waals surface area contributed by atoms with Crippen molar-refractivity contribution in [3.8, 4) is 5.75 Å². The maximum atomic E-state index is 13.7. The van der Waals surface area contributed by atoms with Gasteiger partial charge in [0.05, 0.1) is 12.2 Å². The molecule has 2 heterocycles. The number of aromatic nitrogens is 2. The van der Waals surface area contributed by atoms with E-state index >= 15 is 0 Å². The number of anilines is 2. The molecule has 0 saturated carbocycles. The highest BCUT2D eigenvalue weighted by atomic mass is 35.5. The molecule has 2 aromatic rings. The van der Waals surface area contributed by atoms with E-state index in [1.807, 2.05) is 0 Å². The molecular formula is C23H28ClF3N4O7S. The third kappa shape index (κ3) is 6.36. The van der Waals surface area contributed by atoms with Gasteiger partial charge in [-0.1, -0.05) is 18.2 Å². The van der Waals surface area contributed by atoms with Gasteiger partial charge in [-0.3, -0.25) is 14.3 Å².